The molecule has 1 saturated carbocycles. The minimum Gasteiger partial charge on any atom is -0.550 e. The van der Waals surface area contributed by atoms with Gasteiger partial charge in [-0.15, -0.1) is 0 Å². The number of carboxylic acid groups (broad SMARTS) is 2. The van der Waals surface area contributed by atoms with Crippen molar-refractivity contribution in [2.24, 2.45) is 17.8 Å². The molecule has 0 aliphatic heterocycles. The van der Waals surface area contributed by atoms with Gasteiger partial charge in [0.2, 0.25) is 12.3 Å². The number of nitrogens with zero attached hydrogens (tertiary/aromatic N) is 2. The van der Waals surface area contributed by atoms with Gasteiger partial charge >= 0.3 is 59.1 Å². The number of hydrogen-bond acceptors (Lipinski definition) is 8. The zero-order valence-corrected chi connectivity index (χ0v) is 38.6. The molecule has 1 aliphatic carbocycles. The molecule has 0 N–H and O–H groups in total. The van der Waals surface area contributed by atoms with Gasteiger partial charge in [-0.1, -0.05) is 76.2 Å². The fourth-order valence-electron chi connectivity index (χ4n) is 6.05. The van der Waals surface area contributed by atoms with E-state index >= 15 is 0 Å². The van der Waals surface area contributed by atoms with Crippen molar-refractivity contribution in [3.63, 3.8) is 0 Å². The Morgan fingerprint density at radius 3 is 1.82 bits per heavy atom. The van der Waals surface area contributed by atoms with Gasteiger partial charge in [0, 0.05) is 44.0 Å². The smallest absolute Gasteiger partial charge is 0.550 e. The molecule has 1 aliphatic rings. The van der Waals surface area contributed by atoms with E-state index in [9.17, 15) is 19.5 Å². The fourth-order valence-corrected chi connectivity index (χ4v) is 6.05. The van der Waals surface area contributed by atoms with Gasteiger partial charge in [-0.3, -0.25) is 9.59 Å². The van der Waals surface area contributed by atoms with Crippen LogP contribution in [0.3, 0.4) is 0 Å². The predicted octanol–water partition coefficient (Wildman–Crippen LogP) is 0.698. The fraction of sp³-hybridized carbons (Fsp3) is 0.409. The Labute approximate surface area is 377 Å². The van der Waals surface area contributed by atoms with E-state index in [0.29, 0.717) is 19.6 Å². The van der Waals surface area contributed by atoms with Crippen molar-refractivity contribution in [3.8, 4) is 17.2 Å². The minimum atomic E-state index is -1.08. The Balaban J connectivity index is 0.000000993. The molecule has 0 aromatic heterocycles. The predicted molar refractivity (Wildman–Crippen MR) is 207 cm³/mol. The number of para-hydroxylation sites is 1. The van der Waals surface area contributed by atoms with E-state index in [1.54, 1.807) is 4.90 Å². The van der Waals surface area contributed by atoms with Crippen molar-refractivity contribution in [2.75, 3.05) is 13.1 Å². The maximum Gasteiger partial charge on any atom is 1.00 e. The van der Waals surface area contributed by atoms with Gasteiger partial charge in [-0.2, -0.15) is 0 Å². The van der Waals surface area contributed by atoms with Crippen LogP contribution in [0.2, 0.25) is 0 Å². The van der Waals surface area contributed by atoms with Crippen molar-refractivity contribution in [1.82, 2.24) is 9.80 Å². The van der Waals surface area contributed by atoms with Crippen LogP contribution in [-0.4, -0.2) is 47.1 Å². The van der Waals surface area contributed by atoms with Gasteiger partial charge in [-0.05, 0) is 117 Å². The van der Waals surface area contributed by atoms with E-state index < -0.39 is 11.9 Å². The number of benzene rings is 3. The van der Waals surface area contributed by atoms with Crippen molar-refractivity contribution in [3.05, 3.63) is 114 Å². The maximum absolute atomic E-state index is 13.1. The number of ether oxygens (including phenoxy) is 2. The van der Waals surface area contributed by atoms with Crippen LogP contribution >= 0.6 is 0 Å². The molecule has 0 saturated heterocycles. The van der Waals surface area contributed by atoms with E-state index in [-0.39, 0.29) is 89.2 Å². The molecular formula is C44H56N2Na2O8. The number of carboxylic acids is 2. The van der Waals surface area contributed by atoms with E-state index in [4.69, 9.17) is 19.4 Å². The average Bonchev–Trinajstić information content (AvgIpc) is 3.14. The first-order valence-electron chi connectivity index (χ1n) is 18.7. The monoisotopic (exact) mass is 786 g/mol. The largest absolute Gasteiger partial charge is 1.00 e. The number of rotatable bonds is 18. The van der Waals surface area contributed by atoms with Crippen molar-refractivity contribution < 1.29 is 98.0 Å². The third-order valence-electron chi connectivity index (χ3n) is 8.61. The number of carbonyl (C=O) groups is 4. The summed E-state index contributed by atoms with van der Waals surface area (Å²) in [5.74, 6) is 1.01. The summed E-state index contributed by atoms with van der Waals surface area (Å²) >= 11 is 0. The van der Waals surface area contributed by atoms with E-state index in [1.807, 2.05) is 123 Å². The van der Waals surface area contributed by atoms with Gasteiger partial charge < -0.3 is 39.1 Å². The third kappa shape index (κ3) is 20.2. The molecule has 3 atom stereocenters. The van der Waals surface area contributed by atoms with Crippen LogP contribution in [0.15, 0.2) is 103 Å². The normalized spacial score (nSPS) is 15.5. The minimum absolute atomic E-state index is 0. The molecule has 2 unspecified atom stereocenters. The summed E-state index contributed by atoms with van der Waals surface area (Å²) in [5, 5.41) is 19.9. The Bertz CT molecular complexity index is 1630. The van der Waals surface area contributed by atoms with Crippen LogP contribution in [0.1, 0.15) is 84.8 Å². The SMILES string of the molecule is C/C=C\C(=C/CC)Oc1ccc(CN(C=O)CCC)cc1.CC(=O)[O-].CCCN(Cc1ccc(Oc2ccccc2)cc1)C(=O)C1C[C@H](C)C1CC(=O)[O-].[Na+].[Na+]. The summed E-state index contributed by atoms with van der Waals surface area (Å²) in [5.41, 5.74) is 2.13. The molecule has 10 nitrogen and oxygen atoms in total. The van der Waals surface area contributed by atoms with E-state index in [2.05, 4.69) is 13.8 Å². The van der Waals surface area contributed by atoms with Gasteiger partial charge in [-0.25, -0.2) is 0 Å². The molecule has 1 fully saturated rings. The molecule has 0 heterocycles. The topological polar surface area (TPSA) is 139 Å². The molecule has 0 radical (unpaired) electrons. The van der Waals surface area contributed by atoms with Crippen LogP contribution in [-0.2, 0) is 32.3 Å². The summed E-state index contributed by atoms with van der Waals surface area (Å²) in [4.78, 5) is 47.5. The van der Waals surface area contributed by atoms with E-state index in [0.717, 1.165) is 79.7 Å². The first-order chi connectivity index (χ1) is 25.9. The number of allylic oxidation sites excluding steroid dienone is 3. The van der Waals surface area contributed by atoms with E-state index in [1.165, 1.54) is 0 Å². The summed E-state index contributed by atoms with van der Waals surface area (Å²) in [7, 11) is 0. The Hall–Kier alpha value is -3.38. The molecule has 0 spiro atoms. The Morgan fingerprint density at radius 1 is 0.804 bits per heavy atom. The molecule has 0 bridgehead atoms. The first-order valence-corrected chi connectivity index (χ1v) is 18.7. The summed E-state index contributed by atoms with van der Waals surface area (Å²) < 4.78 is 11.6. The average molecular weight is 787 g/mol. The molecule has 292 valence electrons. The van der Waals surface area contributed by atoms with Gasteiger partial charge in [0.1, 0.15) is 23.0 Å². The summed E-state index contributed by atoms with van der Waals surface area (Å²) in [6, 6.07) is 25.2. The van der Waals surface area contributed by atoms with Gasteiger partial charge in [0.15, 0.2) is 0 Å². The standard InChI is InChI=1S/C24H29NO4.C18H25NO2.C2H4O2.2Na/c1-3-13-25(24(28)22-14-17(2)21(22)15-23(26)27)16-18-9-11-20(12-10-18)29-19-7-5-4-6-8-19;1-4-7-17(8-5-2)21-18-11-9-16(10-12-18)14-19(15-20)13-6-3;1-2(3)4;;/h4-12,17,21-22H,3,13-16H2,1-2H3,(H,26,27);4,7-12,15H,5-6,13-14H2,1-3H3;1H3,(H,3,4);;/q;;;2*+1/p-2/b;7-4-,17-8+;;;/t17-,21?,22?;;;;/m0..../s1. The first kappa shape index (κ1) is 52.6. The van der Waals surface area contributed by atoms with Crippen LogP contribution in [0.25, 0.3) is 0 Å². The Morgan fingerprint density at radius 2 is 1.34 bits per heavy atom. The second-order valence-corrected chi connectivity index (χ2v) is 13.2. The van der Waals surface area contributed by atoms with Crippen LogP contribution < -0.4 is 78.8 Å². The second kappa shape index (κ2) is 29.8. The summed E-state index contributed by atoms with van der Waals surface area (Å²) in [6.07, 6.45) is 10.3. The molecule has 12 heteroatoms. The number of hydrogen-bond donors (Lipinski definition) is 0. The molecular weight excluding hydrogens is 730 g/mol. The number of carbonyl (C=O) groups excluding carboxylic acids is 4. The van der Waals surface area contributed by atoms with Gasteiger partial charge in [0.05, 0.1) is 0 Å². The van der Waals surface area contributed by atoms with Crippen molar-refractivity contribution in [1.29, 1.82) is 0 Å². The third-order valence-corrected chi connectivity index (χ3v) is 8.61. The second-order valence-electron chi connectivity index (χ2n) is 13.2. The maximum atomic E-state index is 13.1. The zero-order valence-electron chi connectivity index (χ0n) is 34.6. The van der Waals surface area contributed by atoms with Gasteiger partial charge in [0.25, 0.3) is 0 Å². The van der Waals surface area contributed by atoms with Crippen LogP contribution in [0, 0.1) is 17.8 Å². The Kier molecular flexibility index (Phi) is 28.0. The van der Waals surface area contributed by atoms with Crippen molar-refractivity contribution >= 4 is 24.3 Å². The molecule has 2 amide bonds. The quantitative estimate of drug-likeness (QED) is 0.0796. The number of amides is 2. The molecule has 3 aromatic rings. The van der Waals surface area contributed by atoms with Crippen molar-refractivity contribution in [2.45, 2.75) is 86.7 Å². The zero-order chi connectivity index (χ0) is 39.9. The molecule has 4 rings (SSSR count). The summed E-state index contributed by atoms with van der Waals surface area (Å²) in [6.45, 7) is 13.7. The van der Waals surface area contributed by atoms with Crippen LogP contribution in [0.4, 0.5) is 0 Å². The van der Waals surface area contributed by atoms with Crippen LogP contribution in [0.5, 0.6) is 17.2 Å². The number of aliphatic carboxylic acids is 2. The molecule has 56 heavy (non-hydrogen) atoms. The molecule has 3 aromatic carbocycles.